The Hall–Kier alpha value is -0.0800. The SMILES string of the molecule is CC(C)C(C)(O)C1CCNC1. The van der Waals surface area contributed by atoms with Crippen molar-refractivity contribution in [2.24, 2.45) is 11.8 Å². The second kappa shape index (κ2) is 3.11. The van der Waals surface area contributed by atoms with Gasteiger partial charge >= 0.3 is 0 Å². The molecule has 2 atom stereocenters. The fourth-order valence-corrected chi connectivity index (χ4v) is 1.62. The zero-order valence-electron chi connectivity index (χ0n) is 7.72. The average molecular weight is 157 g/mol. The summed E-state index contributed by atoms with van der Waals surface area (Å²) in [5.74, 6) is 0.801. The Morgan fingerprint density at radius 2 is 2.18 bits per heavy atom. The number of aliphatic hydroxyl groups is 1. The summed E-state index contributed by atoms with van der Waals surface area (Å²) >= 11 is 0. The van der Waals surface area contributed by atoms with Crippen molar-refractivity contribution in [3.05, 3.63) is 0 Å². The molecule has 2 heteroatoms. The van der Waals surface area contributed by atoms with E-state index in [2.05, 4.69) is 19.2 Å². The predicted molar refractivity (Wildman–Crippen MR) is 46.4 cm³/mol. The first-order valence-electron chi connectivity index (χ1n) is 4.48. The fraction of sp³-hybridized carbons (Fsp3) is 1.00. The minimum Gasteiger partial charge on any atom is -0.390 e. The van der Waals surface area contributed by atoms with Crippen molar-refractivity contribution < 1.29 is 5.11 Å². The Kier molecular flexibility index (Phi) is 2.55. The highest BCUT2D eigenvalue weighted by Crippen LogP contribution is 2.29. The molecule has 0 aromatic heterocycles. The van der Waals surface area contributed by atoms with Gasteiger partial charge in [0.15, 0.2) is 0 Å². The van der Waals surface area contributed by atoms with Crippen LogP contribution in [-0.2, 0) is 0 Å². The molecule has 0 saturated carbocycles. The van der Waals surface area contributed by atoms with Gasteiger partial charge in [-0.25, -0.2) is 0 Å². The van der Waals surface area contributed by atoms with Gasteiger partial charge < -0.3 is 10.4 Å². The summed E-state index contributed by atoms with van der Waals surface area (Å²) in [6, 6.07) is 0. The van der Waals surface area contributed by atoms with Crippen LogP contribution in [0.2, 0.25) is 0 Å². The van der Waals surface area contributed by atoms with Crippen LogP contribution in [0.3, 0.4) is 0 Å². The molecule has 1 aliphatic rings. The van der Waals surface area contributed by atoms with Crippen molar-refractivity contribution in [1.82, 2.24) is 5.32 Å². The summed E-state index contributed by atoms with van der Waals surface area (Å²) in [5, 5.41) is 13.3. The second-order valence-corrected chi connectivity index (χ2v) is 4.07. The van der Waals surface area contributed by atoms with E-state index >= 15 is 0 Å². The van der Waals surface area contributed by atoms with E-state index < -0.39 is 5.60 Å². The van der Waals surface area contributed by atoms with Gasteiger partial charge in [-0.1, -0.05) is 13.8 Å². The van der Waals surface area contributed by atoms with Crippen LogP contribution in [0.4, 0.5) is 0 Å². The van der Waals surface area contributed by atoms with E-state index in [9.17, 15) is 5.11 Å². The highest BCUT2D eigenvalue weighted by molar-refractivity contribution is 4.89. The Balaban J connectivity index is 2.55. The molecule has 0 amide bonds. The van der Waals surface area contributed by atoms with Crippen molar-refractivity contribution in [2.45, 2.75) is 32.8 Å². The number of hydrogen-bond donors (Lipinski definition) is 2. The molecule has 2 nitrogen and oxygen atoms in total. The van der Waals surface area contributed by atoms with E-state index in [0.29, 0.717) is 11.8 Å². The first kappa shape index (κ1) is 9.01. The van der Waals surface area contributed by atoms with Gasteiger partial charge in [0.05, 0.1) is 5.60 Å². The molecule has 2 unspecified atom stereocenters. The van der Waals surface area contributed by atoms with E-state index in [1.165, 1.54) is 0 Å². The first-order chi connectivity index (χ1) is 5.05. The summed E-state index contributed by atoms with van der Waals surface area (Å²) < 4.78 is 0. The highest BCUT2D eigenvalue weighted by atomic mass is 16.3. The van der Waals surface area contributed by atoms with Crippen LogP contribution in [0.5, 0.6) is 0 Å². The quantitative estimate of drug-likeness (QED) is 0.627. The van der Waals surface area contributed by atoms with Crippen molar-refractivity contribution in [3.8, 4) is 0 Å². The van der Waals surface area contributed by atoms with Crippen molar-refractivity contribution in [2.75, 3.05) is 13.1 Å². The van der Waals surface area contributed by atoms with Crippen LogP contribution >= 0.6 is 0 Å². The van der Waals surface area contributed by atoms with Gasteiger partial charge in [-0.3, -0.25) is 0 Å². The van der Waals surface area contributed by atoms with Gasteiger partial charge in [-0.15, -0.1) is 0 Å². The lowest BCUT2D eigenvalue weighted by Crippen LogP contribution is -2.40. The molecule has 0 aliphatic carbocycles. The van der Waals surface area contributed by atoms with E-state index in [-0.39, 0.29) is 0 Å². The standard InChI is InChI=1S/C9H19NO/c1-7(2)9(3,11)8-4-5-10-6-8/h7-8,10-11H,4-6H2,1-3H3. The summed E-state index contributed by atoms with van der Waals surface area (Å²) in [5.41, 5.74) is -0.483. The zero-order valence-corrected chi connectivity index (χ0v) is 7.72. The Morgan fingerprint density at radius 1 is 1.55 bits per heavy atom. The van der Waals surface area contributed by atoms with E-state index in [0.717, 1.165) is 19.5 Å². The molecule has 1 fully saturated rings. The predicted octanol–water partition coefficient (Wildman–Crippen LogP) is 1.00. The largest absolute Gasteiger partial charge is 0.390 e. The third kappa shape index (κ3) is 1.74. The van der Waals surface area contributed by atoms with Gasteiger partial charge in [0.1, 0.15) is 0 Å². The average Bonchev–Trinajstić information content (AvgIpc) is 2.37. The Labute approximate surface area is 69.0 Å². The van der Waals surface area contributed by atoms with Crippen LogP contribution in [0.25, 0.3) is 0 Å². The third-order valence-corrected chi connectivity index (χ3v) is 3.06. The Morgan fingerprint density at radius 3 is 2.55 bits per heavy atom. The number of rotatable bonds is 2. The molecular weight excluding hydrogens is 138 g/mol. The lowest BCUT2D eigenvalue weighted by Gasteiger charge is -2.33. The normalized spacial score (nSPS) is 30.8. The summed E-state index contributed by atoms with van der Waals surface area (Å²) in [6.45, 7) is 8.16. The molecular formula is C9H19NO. The molecule has 1 saturated heterocycles. The fourth-order valence-electron chi connectivity index (χ4n) is 1.62. The Bertz CT molecular complexity index is 126. The van der Waals surface area contributed by atoms with Gasteiger partial charge in [0, 0.05) is 12.5 Å². The van der Waals surface area contributed by atoms with Gasteiger partial charge in [0.25, 0.3) is 0 Å². The second-order valence-electron chi connectivity index (χ2n) is 4.07. The molecule has 0 radical (unpaired) electrons. The minimum absolute atomic E-state index is 0.354. The van der Waals surface area contributed by atoms with Crippen LogP contribution in [0.1, 0.15) is 27.2 Å². The topological polar surface area (TPSA) is 32.3 Å². The molecule has 11 heavy (non-hydrogen) atoms. The lowest BCUT2D eigenvalue weighted by molar-refractivity contribution is -0.0348. The first-order valence-corrected chi connectivity index (χ1v) is 4.48. The smallest absolute Gasteiger partial charge is 0.0683 e. The summed E-state index contributed by atoms with van der Waals surface area (Å²) in [6.07, 6.45) is 1.12. The molecule has 0 bridgehead atoms. The van der Waals surface area contributed by atoms with E-state index in [4.69, 9.17) is 0 Å². The molecule has 1 heterocycles. The molecule has 0 aromatic carbocycles. The van der Waals surface area contributed by atoms with Crippen molar-refractivity contribution in [1.29, 1.82) is 0 Å². The molecule has 66 valence electrons. The molecule has 0 spiro atoms. The molecule has 2 N–H and O–H groups in total. The minimum atomic E-state index is -0.483. The third-order valence-electron chi connectivity index (χ3n) is 3.06. The van der Waals surface area contributed by atoms with Gasteiger partial charge in [-0.2, -0.15) is 0 Å². The van der Waals surface area contributed by atoms with E-state index in [1.54, 1.807) is 0 Å². The monoisotopic (exact) mass is 157 g/mol. The maximum atomic E-state index is 10.1. The maximum absolute atomic E-state index is 10.1. The summed E-state index contributed by atoms with van der Waals surface area (Å²) in [4.78, 5) is 0. The van der Waals surface area contributed by atoms with Crippen molar-refractivity contribution >= 4 is 0 Å². The molecule has 1 aliphatic heterocycles. The van der Waals surface area contributed by atoms with Crippen LogP contribution < -0.4 is 5.32 Å². The van der Waals surface area contributed by atoms with Crippen LogP contribution in [-0.4, -0.2) is 23.8 Å². The maximum Gasteiger partial charge on any atom is 0.0683 e. The van der Waals surface area contributed by atoms with Crippen molar-refractivity contribution in [3.63, 3.8) is 0 Å². The van der Waals surface area contributed by atoms with E-state index in [1.807, 2.05) is 6.92 Å². The van der Waals surface area contributed by atoms with Gasteiger partial charge in [0.2, 0.25) is 0 Å². The number of nitrogens with one attached hydrogen (secondary N) is 1. The summed E-state index contributed by atoms with van der Waals surface area (Å²) in [7, 11) is 0. The molecule has 0 aromatic rings. The number of hydrogen-bond acceptors (Lipinski definition) is 2. The van der Waals surface area contributed by atoms with Crippen LogP contribution in [0.15, 0.2) is 0 Å². The zero-order chi connectivity index (χ0) is 8.48. The van der Waals surface area contributed by atoms with Gasteiger partial charge in [-0.05, 0) is 25.8 Å². The van der Waals surface area contributed by atoms with Crippen LogP contribution in [0, 0.1) is 11.8 Å². The molecule has 1 rings (SSSR count). The lowest BCUT2D eigenvalue weighted by atomic mass is 9.80. The highest BCUT2D eigenvalue weighted by Gasteiger charge is 2.36.